The third kappa shape index (κ3) is 2.83. The van der Waals surface area contributed by atoms with Crippen molar-refractivity contribution in [3.05, 3.63) is 59.9 Å². The smallest absolute Gasteiger partial charge is 0.214 e. The number of benzene rings is 1. The zero-order valence-electron chi connectivity index (χ0n) is 10.7. The van der Waals surface area contributed by atoms with E-state index in [1.54, 1.807) is 24.4 Å². The molecule has 3 aromatic rings. The van der Waals surface area contributed by atoms with Crippen molar-refractivity contribution in [2.75, 3.05) is 0 Å². The monoisotopic (exact) mass is 301 g/mol. The average Bonchev–Trinajstić information content (AvgIpc) is 2.47. The van der Waals surface area contributed by atoms with Crippen LogP contribution in [0.1, 0.15) is 0 Å². The van der Waals surface area contributed by atoms with Gasteiger partial charge in [-0.25, -0.2) is 14.4 Å². The third-order valence-corrected chi connectivity index (χ3v) is 3.16. The minimum Gasteiger partial charge on any atom is -0.493 e. The van der Waals surface area contributed by atoms with Gasteiger partial charge in [0.1, 0.15) is 12.1 Å². The molecule has 0 spiro atoms. The van der Waals surface area contributed by atoms with Gasteiger partial charge in [0.05, 0.1) is 11.9 Å². The summed E-state index contributed by atoms with van der Waals surface area (Å²) in [7, 11) is 0. The Morgan fingerprint density at radius 3 is 2.62 bits per heavy atom. The average molecular weight is 302 g/mol. The summed E-state index contributed by atoms with van der Waals surface area (Å²) in [4.78, 5) is 11.6. The van der Waals surface area contributed by atoms with E-state index >= 15 is 0 Å². The lowest BCUT2D eigenvalue weighted by molar-refractivity contribution is 0.452. The van der Waals surface area contributed by atoms with E-state index < -0.39 is 5.82 Å². The highest BCUT2D eigenvalue weighted by Gasteiger charge is 2.11. The Kier molecular flexibility index (Phi) is 3.50. The lowest BCUT2D eigenvalue weighted by Crippen LogP contribution is -1.91. The molecule has 2 heterocycles. The highest BCUT2D eigenvalue weighted by atomic mass is 35.5. The Balaban J connectivity index is 2.22. The normalized spacial score (nSPS) is 10.6. The Bertz CT molecular complexity index is 810. The van der Waals surface area contributed by atoms with Crippen LogP contribution in [0.4, 0.5) is 4.39 Å². The molecule has 0 atom stereocenters. The van der Waals surface area contributed by atoms with Crippen molar-refractivity contribution in [2.45, 2.75) is 0 Å². The van der Waals surface area contributed by atoms with Crippen molar-refractivity contribution in [3.63, 3.8) is 0 Å². The summed E-state index contributed by atoms with van der Waals surface area (Å²) in [6.45, 7) is 0. The van der Waals surface area contributed by atoms with Crippen molar-refractivity contribution in [2.24, 2.45) is 0 Å². The molecule has 0 saturated carbocycles. The lowest BCUT2D eigenvalue weighted by Gasteiger charge is -2.10. The number of pyridine rings is 1. The van der Waals surface area contributed by atoms with Crippen LogP contribution >= 0.6 is 11.6 Å². The van der Waals surface area contributed by atoms with Gasteiger partial charge in [0.15, 0.2) is 0 Å². The van der Waals surface area contributed by atoms with E-state index in [0.29, 0.717) is 27.4 Å². The van der Waals surface area contributed by atoms with E-state index in [2.05, 4.69) is 15.0 Å². The van der Waals surface area contributed by atoms with Crippen LogP contribution in [0.3, 0.4) is 0 Å². The van der Waals surface area contributed by atoms with Crippen molar-refractivity contribution >= 4 is 11.6 Å². The molecule has 0 saturated heterocycles. The SMILES string of the molecule is Oc1cc(-c2cc(Cl)ccc2-c2cncc(F)c2)ncn1. The molecule has 0 aliphatic rings. The van der Waals surface area contributed by atoms with E-state index in [1.165, 1.54) is 18.5 Å². The van der Waals surface area contributed by atoms with E-state index in [0.717, 1.165) is 6.20 Å². The maximum atomic E-state index is 13.4. The summed E-state index contributed by atoms with van der Waals surface area (Å²) in [6.07, 6.45) is 3.94. The van der Waals surface area contributed by atoms with Crippen LogP contribution in [0.25, 0.3) is 22.4 Å². The third-order valence-electron chi connectivity index (χ3n) is 2.93. The van der Waals surface area contributed by atoms with Gasteiger partial charge >= 0.3 is 0 Å². The molecule has 0 fully saturated rings. The summed E-state index contributed by atoms with van der Waals surface area (Å²) in [5, 5.41) is 10.0. The Morgan fingerprint density at radius 1 is 1.00 bits per heavy atom. The zero-order chi connectivity index (χ0) is 14.8. The Labute approximate surface area is 124 Å². The largest absolute Gasteiger partial charge is 0.493 e. The molecule has 0 unspecified atom stereocenters. The standard InChI is InChI=1S/C15H9ClFN3O/c16-10-1-2-12(9-3-11(17)7-18-6-9)13(4-10)14-5-15(21)20-8-19-14/h1-8H,(H,19,20,21). The second-order valence-electron chi connectivity index (χ2n) is 4.34. The Morgan fingerprint density at radius 2 is 1.86 bits per heavy atom. The van der Waals surface area contributed by atoms with Crippen LogP contribution in [0, 0.1) is 5.82 Å². The maximum Gasteiger partial charge on any atom is 0.214 e. The van der Waals surface area contributed by atoms with E-state index in [4.69, 9.17) is 11.6 Å². The molecule has 2 aromatic heterocycles. The number of halogens is 2. The fourth-order valence-electron chi connectivity index (χ4n) is 2.03. The van der Waals surface area contributed by atoms with Gasteiger partial charge in [-0.1, -0.05) is 17.7 Å². The van der Waals surface area contributed by atoms with Crippen LogP contribution in [0.15, 0.2) is 49.1 Å². The van der Waals surface area contributed by atoms with Gasteiger partial charge in [0.25, 0.3) is 0 Å². The fraction of sp³-hybridized carbons (Fsp3) is 0. The number of hydrogen-bond donors (Lipinski definition) is 1. The summed E-state index contributed by atoms with van der Waals surface area (Å²) in [6, 6.07) is 7.95. The summed E-state index contributed by atoms with van der Waals surface area (Å²) in [5.41, 5.74) is 2.46. The summed E-state index contributed by atoms with van der Waals surface area (Å²) in [5.74, 6) is -0.581. The Hall–Kier alpha value is -2.53. The van der Waals surface area contributed by atoms with Gasteiger partial charge in [-0.3, -0.25) is 4.98 Å². The molecule has 3 rings (SSSR count). The first-order valence-electron chi connectivity index (χ1n) is 6.05. The molecular formula is C15H9ClFN3O. The first-order valence-corrected chi connectivity index (χ1v) is 6.43. The van der Waals surface area contributed by atoms with Crippen molar-refractivity contribution in [1.29, 1.82) is 0 Å². The molecule has 4 nitrogen and oxygen atoms in total. The lowest BCUT2D eigenvalue weighted by atomic mass is 9.98. The van der Waals surface area contributed by atoms with E-state index in [-0.39, 0.29) is 5.88 Å². The van der Waals surface area contributed by atoms with Gasteiger partial charge in [-0.05, 0) is 23.8 Å². The number of rotatable bonds is 2. The van der Waals surface area contributed by atoms with E-state index in [1.807, 2.05) is 0 Å². The zero-order valence-corrected chi connectivity index (χ0v) is 11.4. The van der Waals surface area contributed by atoms with Crippen molar-refractivity contribution < 1.29 is 9.50 Å². The molecule has 1 aromatic carbocycles. The molecule has 1 N–H and O–H groups in total. The predicted octanol–water partition coefficient (Wildman–Crippen LogP) is 3.70. The quantitative estimate of drug-likeness (QED) is 0.784. The predicted molar refractivity (Wildman–Crippen MR) is 77.3 cm³/mol. The number of aromatic nitrogens is 3. The molecule has 104 valence electrons. The van der Waals surface area contributed by atoms with Gasteiger partial charge in [-0.2, -0.15) is 0 Å². The van der Waals surface area contributed by atoms with Crippen LogP contribution in [-0.2, 0) is 0 Å². The number of nitrogens with zero attached hydrogens (tertiary/aromatic N) is 3. The summed E-state index contributed by atoms with van der Waals surface area (Å²) < 4.78 is 13.4. The molecule has 0 radical (unpaired) electrons. The van der Waals surface area contributed by atoms with Crippen molar-refractivity contribution in [3.8, 4) is 28.3 Å². The van der Waals surface area contributed by atoms with Crippen LogP contribution in [0.5, 0.6) is 5.88 Å². The minimum atomic E-state index is -0.432. The first-order chi connectivity index (χ1) is 10.1. The van der Waals surface area contributed by atoms with Crippen LogP contribution in [-0.4, -0.2) is 20.1 Å². The van der Waals surface area contributed by atoms with Crippen molar-refractivity contribution in [1.82, 2.24) is 15.0 Å². The van der Waals surface area contributed by atoms with Gasteiger partial charge in [0, 0.05) is 28.4 Å². The highest BCUT2D eigenvalue weighted by Crippen LogP contribution is 2.33. The molecule has 0 amide bonds. The summed E-state index contributed by atoms with van der Waals surface area (Å²) >= 11 is 6.03. The van der Waals surface area contributed by atoms with E-state index in [9.17, 15) is 9.50 Å². The van der Waals surface area contributed by atoms with Crippen LogP contribution < -0.4 is 0 Å². The van der Waals surface area contributed by atoms with Gasteiger partial charge in [0.2, 0.25) is 5.88 Å². The second-order valence-corrected chi connectivity index (χ2v) is 4.78. The molecule has 0 bridgehead atoms. The molecule has 0 aliphatic carbocycles. The van der Waals surface area contributed by atoms with Gasteiger partial charge in [-0.15, -0.1) is 0 Å². The highest BCUT2D eigenvalue weighted by molar-refractivity contribution is 6.31. The maximum absolute atomic E-state index is 13.4. The van der Waals surface area contributed by atoms with Gasteiger partial charge < -0.3 is 5.11 Å². The molecular weight excluding hydrogens is 293 g/mol. The first kappa shape index (κ1) is 13.5. The number of aromatic hydroxyl groups is 1. The molecule has 0 aliphatic heterocycles. The molecule has 6 heteroatoms. The molecule has 21 heavy (non-hydrogen) atoms. The number of hydrogen-bond acceptors (Lipinski definition) is 4. The fourth-order valence-corrected chi connectivity index (χ4v) is 2.21. The topological polar surface area (TPSA) is 58.9 Å². The van der Waals surface area contributed by atoms with Crippen LogP contribution in [0.2, 0.25) is 5.02 Å². The minimum absolute atomic E-state index is 0.150. The second kappa shape index (κ2) is 5.46.